The van der Waals surface area contributed by atoms with Gasteiger partial charge in [-0.05, 0) is 24.6 Å². The number of carbonyl (C=O) groups excluding carboxylic acids is 1. The van der Waals surface area contributed by atoms with Crippen LogP contribution in [-0.2, 0) is 14.4 Å². The highest BCUT2D eigenvalue weighted by Crippen LogP contribution is 2.24. The van der Waals surface area contributed by atoms with Gasteiger partial charge in [0.15, 0.2) is 0 Å². The van der Waals surface area contributed by atoms with E-state index in [0.29, 0.717) is 31.8 Å². The Kier molecular flexibility index (Phi) is 11.3. The summed E-state index contributed by atoms with van der Waals surface area (Å²) in [6.45, 7) is 5.58. The molecule has 1 heterocycles. The fourth-order valence-electron chi connectivity index (χ4n) is 2.25. The highest BCUT2D eigenvalue weighted by molar-refractivity contribution is 5.85. The molecule has 0 aliphatic rings. The Bertz CT molecular complexity index is 704. The van der Waals surface area contributed by atoms with Crippen LogP contribution in [-0.4, -0.2) is 55.4 Å². The summed E-state index contributed by atoms with van der Waals surface area (Å²) in [4.78, 5) is 26.2. The molecule has 1 aromatic carbocycles. The Hall–Kier alpha value is -2.65. The molecular weight excluding hydrogens is 366 g/mol. The number of H-pyrrole nitrogens is 1. The first kappa shape index (κ1) is 23.4. The monoisotopic (exact) mass is 395 g/mol. The lowest BCUT2D eigenvalue weighted by atomic mass is 10.2. The number of nitrogens with one attached hydrogen (secondary N) is 2. The van der Waals surface area contributed by atoms with Gasteiger partial charge in [-0.2, -0.15) is 0 Å². The molecule has 28 heavy (non-hydrogen) atoms. The van der Waals surface area contributed by atoms with E-state index >= 15 is 0 Å². The predicted octanol–water partition coefficient (Wildman–Crippen LogP) is 2.73. The first-order chi connectivity index (χ1) is 13.5. The number of fused-ring (bicyclic) bond motifs is 1. The summed E-state index contributed by atoms with van der Waals surface area (Å²) in [5.74, 6) is 0.894. The molecule has 0 saturated carbocycles. The molecule has 1 aromatic heterocycles. The summed E-state index contributed by atoms with van der Waals surface area (Å²) in [5.41, 5.74) is 1.09. The third kappa shape index (κ3) is 9.33. The first-order valence-electron chi connectivity index (χ1n) is 9.14. The van der Waals surface area contributed by atoms with Crippen LogP contribution in [0.25, 0.3) is 10.9 Å². The number of rotatable bonds is 12. The number of aldehydes is 1. The highest BCUT2D eigenvalue weighted by atomic mass is 16.9. The van der Waals surface area contributed by atoms with E-state index in [9.17, 15) is 14.9 Å². The molecule has 0 amide bonds. The minimum Gasteiger partial charge on any atom is -0.490 e. The van der Waals surface area contributed by atoms with E-state index in [4.69, 9.17) is 9.47 Å². The molecule has 0 radical (unpaired) electrons. The van der Waals surface area contributed by atoms with Crippen molar-refractivity contribution >= 4 is 17.2 Å². The number of hydrogen-bond donors (Lipinski definition) is 2. The van der Waals surface area contributed by atoms with Gasteiger partial charge in [0.2, 0.25) is 0 Å². The first-order valence-corrected chi connectivity index (χ1v) is 9.14. The van der Waals surface area contributed by atoms with E-state index in [1.165, 1.54) is 0 Å². The lowest BCUT2D eigenvalue weighted by molar-refractivity contribution is -0.757. The van der Waals surface area contributed by atoms with E-state index in [1.807, 2.05) is 30.5 Å². The van der Waals surface area contributed by atoms with Crippen molar-refractivity contribution in [1.29, 1.82) is 0 Å². The van der Waals surface area contributed by atoms with Crippen LogP contribution < -0.4 is 10.1 Å². The van der Waals surface area contributed by atoms with Crippen LogP contribution >= 0.6 is 0 Å². The molecule has 0 bridgehead atoms. The van der Waals surface area contributed by atoms with Crippen LogP contribution in [0.4, 0.5) is 0 Å². The van der Waals surface area contributed by atoms with E-state index in [0.717, 1.165) is 23.2 Å². The maximum atomic E-state index is 9.62. The van der Waals surface area contributed by atoms with Gasteiger partial charge < -0.3 is 29.4 Å². The van der Waals surface area contributed by atoms with Gasteiger partial charge >= 0.3 is 0 Å². The average molecular weight is 395 g/mol. The van der Waals surface area contributed by atoms with E-state index < -0.39 is 5.09 Å². The number of benzene rings is 1. The number of nitrogens with zero attached hydrogens (tertiary/aromatic N) is 1. The standard InChI is InChI=1S/C15H22N2O2.C4H7NO4/c1-11(2)17-9-12(18-3)10-19-15-6-4-5-14-13(15)7-8-16-14;6-3-1-2-4-9-5(7)8/h4-8,11-12,16-17H,9-10H2,1-3H3;3H,1-2,4H2. The Morgan fingerprint density at radius 2 is 2.11 bits per heavy atom. The largest absolute Gasteiger partial charge is 0.490 e. The summed E-state index contributed by atoms with van der Waals surface area (Å²) in [5, 5.41) is 13.0. The Morgan fingerprint density at radius 3 is 2.75 bits per heavy atom. The van der Waals surface area contributed by atoms with Gasteiger partial charge in [-0.1, -0.05) is 19.9 Å². The Balaban J connectivity index is 0.000000370. The molecule has 156 valence electrons. The van der Waals surface area contributed by atoms with Crippen molar-refractivity contribution in [2.45, 2.75) is 38.8 Å². The fourth-order valence-corrected chi connectivity index (χ4v) is 2.25. The minimum atomic E-state index is -0.870. The number of ether oxygens (including phenoxy) is 2. The van der Waals surface area contributed by atoms with Gasteiger partial charge in [-0.15, -0.1) is 10.1 Å². The summed E-state index contributed by atoms with van der Waals surface area (Å²) >= 11 is 0. The Morgan fingerprint density at radius 1 is 1.32 bits per heavy atom. The molecule has 1 atom stereocenters. The van der Waals surface area contributed by atoms with Crippen molar-refractivity contribution < 1.29 is 24.2 Å². The third-order valence-corrected chi connectivity index (χ3v) is 3.73. The summed E-state index contributed by atoms with van der Waals surface area (Å²) in [6, 6.07) is 8.49. The number of unbranched alkanes of at least 4 members (excludes halogenated alkanes) is 1. The molecule has 0 saturated heterocycles. The molecule has 2 aromatic rings. The van der Waals surface area contributed by atoms with Crippen LogP contribution in [0.1, 0.15) is 26.7 Å². The molecule has 2 rings (SSSR count). The van der Waals surface area contributed by atoms with Crippen molar-refractivity contribution in [1.82, 2.24) is 10.3 Å². The molecule has 9 heteroatoms. The van der Waals surface area contributed by atoms with Crippen LogP contribution in [0.5, 0.6) is 5.75 Å². The number of aromatic amines is 1. The molecule has 0 aliphatic carbocycles. The van der Waals surface area contributed by atoms with Crippen LogP contribution in [0.15, 0.2) is 30.5 Å². The minimum absolute atomic E-state index is 0.00569. The molecule has 0 aliphatic heterocycles. The van der Waals surface area contributed by atoms with Gasteiger partial charge in [0.25, 0.3) is 5.09 Å². The zero-order valence-electron chi connectivity index (χ0n) is 16.6. The van der Waals surface area contributed by atoms with Gasteiger partial charge in [0, 0.05) is 43.2 Å². The normalized spacial score (nSPS) is 11.6. The lowest BCUT2D eigenvalue weighted by Gasteiger charge is -2.18. The van der Waals surface area contributed by atoms with Gasteiger partial charge in [0.05, 0.1) is 6.61 Å². The molecule has 2 N–H and O–H groups in total. The smallest absolute Gasteiger partial charge is 0.294 e. The maximum absolute atomic E-state index is 9.62. The van der Waals surface area contributed by atoms with Crippen molar-refractivity contribution in [2.24, 2.45) is 0 Å². The predicted molar refractivity (Wildman–Crippen MR) is 106 cm³/mol. The van der Waals surface area contributed by atoms with Crippen molar-refractivity contribution in [2.75, 3.05) is 26.9 Å². The maximum Gasteiger partial charge on any atom is 0.294 e. The van der Waals surface area contributed by atoms with Crippen molar-refractivity contribution in [3.8, 4) is 5.75 Å². The van der Waals surface area contributed by atoms with Crippen molar-refractivity contribution in [3.63, 3.8) is 0 Å². The summed E-state index contributed by atoms with van der Waals surface area (Å²) in [7, 11) is 1.72. The highest BCUT2D eigenvalue weighted by Gasteiger charge is 2.10. The van der Waals surface area contributed by atoms with Gasteiger partial charge in [-0.25, -0.2) is 0 Å². The second kappa shape index (κ2) is 13.5. The molecule has 0 spiro atoms. The zero-order valence-corrected chi connectivity index (χ0v) is 16.6. The van der Waals surface area contributed by atoms with Crippen LogP contribution in [0.3, 0.4) is 0 Å². The third-order valence-electron chi connectivity index (χ3n) is 3.73. The number of carbonyl (C=O) groups is 1. The Labute approximate surface area is 164 Å². The second-order valence-electron chi connectivity index (χ2n) is 6.29. The van der Waals surface area contributed by atoms with Gasteiger partial charge in [0.1, 0.15) is 24.7 Å². The average Bonchev–Trinajstić information content (AvgIpc) is 3.15. The molecule has 0 fully saturated rings. The number of hydrogen-bond acceptors (Lipinski definition) is 7. The topological polar surface area (TPSA) is 116 Å². The number of aromatic nitrogens is 1. The van der Waals surface area contributed by atoms with Gasteiger partial charge in [-0.3, -0.25) is 0 Å². The molecular formula is C19H29N3O6. The summed E-state index contributed by atoms with van der Waals surface area (Å²) < 4.78 is 11.3. The second-order valence-corrected chi connectivity index (χ2v) is 6.29. The lowest BCUT2D eigenvalue weighted by Crippen LogP contribution is -2.36. The van der Waals surface area contributed by atoms with Crippen LogP contribution in [0, 0.1) is 10.1 Å². The fraction of sp³-hybridized carbons (Fsp3) is 0.526. The van der Waals surface area contributed by atoms with E-state index in [-0.39, 0.29) is 12.7 Å². The zero-order chi connectivity index (χ0) is 20.8. The van der Waals surface area contributed by atoms with E-state index in [2.05, 4.69) is 29.0 Å². The van der Waals surface area contributed by atoms with Crippen LogP contribution in [0.2, 0.25) is 0 Å². The van der Waals surface area contributed by atoms with E-state index in [1.54, 1.807) is 7.11 Å². The summed E-state index contributed by atoms with van der Waals surface area (Å²) in [6.07, 6.45) is 3.39. The van der Waals surface area contributed by atoms with Crippen molar-refractivity contribution in [3.05, 3.63) is 40.6 Å². The SMILES string of the molecule is COC(CNC(C)C)COc1cccc2[nH]ccc12.O=CCCCO[N+](=O)[O-]. The quantitative estimate of drug-likeness (QED) is 0.246. The molecule has 1 unspecified atom stereocenters. The number of methoxy groups -OCH3 is 1. The molecule has 9 nitrogen and oxygen atoms in total.